The Morgan fingerprint density at radius 1 is 1.41 bits per heavy atom. The molecule has 0 heterocycles. The minimum Gasteiger partial charge on any atom is -0.478 e. The van der Waals surface area contributed by atoms with Crippen LogP contribution in [0.2, 0.25) is 0 Å². The fraction of sp³-hybridized carbons (Fsp3) is 0.273. The van der Waals surface area contributed by atoms with Gasteiger partial charge in [0.15, 0.2) is 0 Å². The molecule has 0 aliphatic heterocycles. The van der Waals surface area contributed by atoms with Crippen molar-refractivity contribution in [1.82, 2.24) is 5.32 Å². The van der Waals surface area contributed by atoms with Crippen molar-refractivity contribution in [3.8, 4) is 0 Å². The van der Waals surface area contributed by atoms with Crippen LogP contribution in [0.1, 0.15) is 16.8 Å². The molecule has 0 aliphatic carbocycles. The number of rotatable bonds is 5. The van der Waals surface area contributed by atoms with Crippen molar-refractivity contribution in [1.29, 1.82) is 0 Å². The van der Waals surface area contributed by atoms with Gasteiger partial charge < -0.3 is 21.5 Å². The quantitative estimate of drug-likeness (QED) is 0.559. The smallest absolute Gasteiger partial charge is 0.337 e. The third-order valence-corrected chi connectivity index (χ3v) is 2.26. The van der Waals surface area contributed by atoms with Crippen LogP contribution in [-0.4, -0.2) is 30.6 Å². The van der Waals surface area contributed by atoms with Crippen LogP contribution in [0.5, 0.6) is 0 Å². The average Bonchev–Trinajstić information content (AvgIpc) is 2.30. The number of amides is 1. The van der Waals surface area contributed by atoms with Crippen LogP contribution in [-0.2, 0) is 4.79 Å². The zero-order chi connectivity index (χ0) is 12.8. The second-order valence-electron chi connectivity index (χ2n) is 3.42. The van der Waals surface area contributed by atoms with Crippen LogP contribution in [0, 0.1) is 0 Å². The standard InChI is InChI=1S/C11H15N3O3/c1-13-9(15)5-6-14-10-7(11(16)17)3-2-4-8(10)12/h2-4,14H,5-6,12H2,1H3,(H,13,15)(H,16,17). The minimum atomic E-state index is -1.06. The lowest BCUT2D eigenvalue weighted by Gasteiger charge is -2.11. The number of hydrogen-bond acceptors (Lipinski definition) is 4. The van der Waals surface area contributed by atoms with Crippen LogP contribution in [0.15, 0.2) is 18.2 Å². The van der Waals surface area contributed by atoms with Gasteiger partial charge in [-0.1, -0.05) is 6.07 Å². The first kappa shape index (κ1) is 12.8. The van der Waals surface area contributed by atoms with Gasteiger partial charge in [-0.3, -0.25) is 4.79 Å². The second kappa shape index (κ2) is 5.74. The van der Waals surface area contributed by atoms with Crippen molar-refractivity contribution >= 4 is 23.3 Å². The van der Waals surface area contributed by atoms with Crippen molar-refractivity contribution in [2.45, 2.75) is 6.42 Å². The van der Waals surface area contributed by atoms with Crippen molar-refractivity contribution in [3.05, 3.63) is 23.8 Å². The van der Waals surface area contributed by atoms with Gasteiger partial charge >= 0.3 is 5.97 Å². The van der Waals surface area contributed by atoms with Gasteiger partial charge in [0, 0.05) is 20.0 Å². The zero-order valence-corrected chi connectivity index (χ0v) is 9.49. The summed E-state index contributed by atoms with van der Waals surface area (Å²) >= 11 is 0. The third kappa shape index (κ3) is 3.37. The molecule has 0 atom stereocenters. The van der Waals surface area contributed by atoms with Crippen LogP contribution in [0.4, 0.5) is 11.4 Å². The van der Waals surface area contributed by atoms with Crippen molar-refractivity contribution in [2.75, 3.05) is 24.6 Å². The van der Waals surface area contributed by atoms with E-state index in [-0.39, 0.29) is 17.9 Å². The molecule has 0 radical (unpaired) electrons. The Labute approximate surface area is 98.8 Å². The summed E-state index contributed by atoms with van der Waals surface area (Å²) < 4.78 is 0. The zero-order valence-electron chi connectivity index (χ0n) is 9.49. The maximum atomic E-state index is 11.0. The van der Waals surface area contributed by atoms with Gasteiger partial charge in [-0.05, 0) is 12.1 Å². The number of para-hydroxylation sites is 1. The van der Waals surface area contributed by atoms with E-state index < -0.39 is 5.97 Å². The molecule has 5 N–H and O–H groups in total. The van der Waals surface area contributed by atoms with Gasteiger partial charge in [0.2, 0.25) is 5.91 Å². The largest absolute Gasteiger partial charge is 0.478 e. The molecule has 6 heteroatoms. The van der Waals surface area contributed by atoms with Gasteiger partial charge in [0.05, 0.1) is 16.9 Å². The van der Waals surface area contributed by atoms with E-state index in [2.05, 4.69) is 10.6 Å². The predicted octanol–water partition coefficient (Wildman–Crippen LogP) is 0.515. The number of nitrogens with one attached hydrogen (secondary N) is 2. The van der Waals surface area contributed by atoms with Gasteiger partial charge in [-0.25, -0.2) is 4.79 Å². The molecule has 0 unspecified atom stereocenters. The molecule has 0 saturated carbocycles. The first-order valence-corrected chi connectivity index (χ1v) is 5.12. The van der Waals surface area contributed by atoms with Crippen LogP contribution >= 0.6 is 0 Å². The Morgan fingerprint density at radius 2 is 2.12 bits per heavy atom. The van der Waals surface area contributed by atoms with E-state index in [0.29, 0.717) is 17.9 Å². The topological polar surface area (TPSA) is 104 Å². The highest BCUT2D eigenvalue weighted by Crippen LogP contribution is 2.23. The van der Waals surface area contributed by atoms with E-state index in [9.17, 15) is 9.59 Å². The Bertz CT molecular complexity index is 432. The van der Waals surface area contributed by atoms with E-state index in [4.69, 9.17) is 10.8 Å². The number of anilines is 2. The highest BCUT2D eigenvalue weighted by molar-refractivity contribution is 5.97. The summed E-state index contributed by atoms with van der Waals surface area (Å²) in [6.07, 6.45) is 0.254. The predicted molar refractivity (Wildman–Crippen MR) is 65.0 cm³/mol. The van der Waals surface area contributed by atoms with Crippen molar-refractivity contribution in [2.24, 2.45) is 0 Å². The molecule has 1 aromatic rings. The van der Waals surface area contributed by atoms with Crippen LogP contribution < -0.4 is 16.4 Å². The summed E-state index contributed by atoms with van der Waals surface area (Å²) in [6.45, 7) is 0.328. The number of benzene rings is 1. The molecule has 6 nitrogen and oxygen atoms in total. The Balaban J connectivity index is 2.76. The average molecular weight is 237 g/mol. The third-order valence-electron chi connectivity index (χ3n) is 2.26. The van der Waals surface area contributed by atoms with E-state index in [1.54, 1.807) is 19.2 Å². The van der Waals surface area contributed by atoms with Gasteiger partial charge in [0.25, 0.3) is 0 Å². The summed E-state index contributed by atoms with van der Waals surface area (Å²) in [7, 11) is 1.54. The summed E-state index contributed by atoms with van der Waals surface area (Å²) in [6, 6.07) is 4.64. The molecule has 0 aromatic heterocycles. The van der Waals surface area contributed by atoms with E-state index in [0.717, 1.165) is 0 Å². The molecule has 92 valence electrons. The number of carbonyl (C=O) groups is 2. The first-order chi connectivity index (χ1) is 8.06. The molecular formula is C11H15N3O3. The second-order valence-corrected chi connectivity index (χ2v) is 3.42. The first-order valence-electron chi connectivity index (χ1n) is 5.12. The fourth-order valence-electron chi connectivity index (χ4n) is 1.37. The maximum Gasteiger partial charge on any atom is 0.337 e. The summed E-state index contributed by atoms with van der Waals surface area (Å²) in [5.41, 5.74) is 6.48. The molecular weight excluding hydrogens is 222 g/mol. The monoisotopic (exact) mass is 237 g/mol. The summed E-state index contributed by atoms with van der Waals surface area (Å²) in [5, 5.41) is 14.3. The van der Waals surface area contributed by atoms with Crippen LogP contribution in [0.3, 0.4) is 0 Å². The highest BCUT2D eigenvalue weighted by Gasteiger charge is 2.12. The summed E-state index contributed by atoms with van der Waals surface area (Å²) in [4.78, 5) is 22.0. The molecule has 0 spiro atoms. The fourth-order valence-corrected chi connectivity index (χ4v) is 1.37. The van der Waals surface area contributed by atoms with E-state index in [1.165, 1.54) is 6.07 Å². The van der Waals surface area contributed by atoms with E-state index in [1.807, 2.05) is 0 Å². The lowest BCUT2D eigenvalue weighted by molar-refractivity contribution is -0.120. The van der Waals surface area contributed by atoms with Gasteiger partial charge in [-0.15, -0.1) is 0 Å². The molecule has 0 aliphatic rings. The summed E-state index contributed by atoms with van der Waals surface area (Å²) in [5.74, 6) is -1.18. The van der Waals surface area contributed by atoms with Gasteiger partial charge in [-0.2, -0.15) is 0 Å². The number of nitrogens with two attached hydrogens (primary N) is 1. The lowest BCUT2D eigenvalue weighted by atomic mass is 10.1. The Kier molecular flexibility index (Phi) is 4.33. The lowest BCUT2D eigenvalue weighted by Crippen LogP contribution is -2.21. The maximum absolute atomic E-state index is 11.0. The SMILES string of the molecule is CNC(=O)CCNc1c(N)cccc1C(=O)O. The highest BCUT2D eigenvalue weighted by atomic mass is 16.4. The number of carboxylic acid groups (broad SMARTS) is 1. The van der Waals surface area contributed by atoms with Gasteiger partial charge in [0.1, 0.15) is 0 Å². The normalized spacial score (nSPS) is 9.71. The minimum absolute atomic E-state index is 0.0990. The molecule has 0 saturated heterocycles. The number of hydrogen-bond donors (Lipinski definition) is 4. The molecule has 1 rings (SSSR count). The number of nitrogen functional groups attached to an aromatic ring is 1. The number of carboxylic acids is 1. The van der Waals surface area contributed by atoms with Crippen molar-refractivity contribution < 1.29 is 14.7 Å². The van der Waals surface area contributed by atoms with E-state index >= 15 is 0 Å². The Hall–Kier alpha value is -2.24. The molecule has 1 amide bonds. The molecule has 0 fully saturated rings. The van der Waals surface area contributed by atoms with Crippen LogP contribution in [0.25, 0.3) is 0 Å². The van der Waals surface area contributed by atoms with Crippen molar-refractivity contribution in [3.63, 3.8) is 0 Å². The number of aromatic carboxylic acids is 1. The molecule has 17 heavy (non-hydrogen) atoms. The number of carbonyl (C=O) groups excluding carboxylic acids is 1. The molecule has 0 bridgehead atoms. The molecule has 1 aromatic carbocycles. The Morgan fingerprint density at radius 3 is 2.71 bits per heavy atom.